The molecule has 1 aromatic carbocycles. The molecule has 0 aromatic heterocycles. The minimum Gasteiger partial charge on any atom is -0.366 e. The van der Waals surface area contributed by atoms with Gasteiger partial charge in [-0.25, -0.2) is 0 Å². The average Bonchev–Trinajstić information content (AvgIpc) is 2.35. The summed E-state index contributed by atoms with van der Waals surface area (Å²) in [7, 11) is 1.60. The molecule has 0 bridgehead atoms. The van der Waals surface area contributed by atoms with E-state index in [1.165, 1.54) is 0 Å². The highest BCUT2D eigenvalue weighted by atomic mass is 16.2. The number of rotatable bonds is 5. The van der Waals surface area contributed by atoms with Crippen LogP contribution < -0.4 is 16.4 Å². The van der Waals surface area contributed by atoms with Crippen LogP contribution in [0.3, 0.4) is 0 Å². The number of benzene rings is 1. The first kappa shape index (κ1) is 14.2. The molecule has 98 valence electrons. The highest BCUT2D eigenvalue weighted by Gasteiger charge is 2.10. The van der Waals surface area contributed by atoms with Gasteiger partial charge in [0.15, 0.2) is 0 Å². The molecule has 2 amide bonds. The number of carbonyl (C=O) groups is 2. The summed E-state index contributed by atoms with van der Waals surface area (Å²) < 4.78 is 0. The first-order valence-corrected chi connectivity index (χ1v) is 5.80. The van der Waals surface area contributed by atoms with E-state index in [1.807, 2.05) is 13.0 Å². The van der Waals surface area contributed by atoms with Crippen molar-refractivity contribution in [3.63, 3.8) is 0 Å². The van der Waals surface area contributed by atoms with Gasteiger partial charge >= 0.3 is 0 Å². The molecule has 18 heavy (non-hydrogen) atoms. The Bertz CT molecular complexity index is 458. The molecule has 4 N–H and O–H groups in total. The van der Waals surface area contributed by atoms with Crippen LogP contribution in [0.5, 0.6) is 0 Å². The molecule has 1 unspecified atom stereocenters. The van der Waals surface area contributed by atoms with Crippen molar-refractivity contribution in [3.05, 3.63) is 34.9 Å². The molecule has 0 fully saturated rings. The number of primary amides is 1. The van der Waals surface area contributed by atoms with E-state index >= 15 is 0 Å². The Labute approximate surface area is 107 Å². The van der Waals surface area contributed by atoms with Gasteiger partial charge < -0.3 is 16.4 Å². The van der Waals surface area contributed by atoms with Crippen molar-refractivity contribution in [2.24, 2.45) is 5.73 Å². The van der Waals surface area contributed by atoms with Gasteiger partial charge in [-0.15, -0.1) is 0 Å². The van der Waals surface area contributed by atoms with Gasteiger partial charge in [0.2, 0.25) is 11.8 Å². The Balaban J connectivity index is 2.69. The van der Waals surface area contributed by atoms with Gasteiger partial charge in [0.05, 0.1) is 6.04 Å². The smallest absolute Gasteiger partial charge is 0.248 e. The van der Waals surface area contributed by atoms with Crippen LogP contribution in [0.15, 0.2) is 18.2 Å². The molecule has 1 atom stereocenters. The van der Waals surface area contributed by atoms with E-state index in [0.717, 1.165) is 11.1 Å². The van der Waals surface area contributed by atoms with Gasteiger partial charge in [-0.3, -0.25) is 9.59 Å². The third-order valence-corrected chi connectivity index (χ3v) is 2.87. The monoisotopic (exact) mass is 249 g/mol. The molecule has 0 aliphatic heterocycles. The summed E-state index contributed by atoms with van der Waals surface area (Å²) in [6.45, 7) is 4.28. The first-order valence-electron chi connectivity index (χ1n) is 5.80. The fraction of sp³-hybridized carbons (Fsp3) is 0.385. The van der Waals surface area contributed by atoms with Crippen LogP contribution >= 0.6 is 0 Å². The first-order chi connectivity index (χ1) is 8.45. The van der Waals surface area contributed by atoms with E-state index in [4.69, 9.17) is 5.73 Å². The lowest BCUT2D eigenvalue weighted by Crippen LogP contribution is -2.40. The van der Waals surface area contributed by atoms with Gasteiger partial charge in [-0.2, -0.15) is 0 Å². The predicted octanol–water partition coefficient (Wildman–Crippen LogP) is 0.318. The Morgan fingerprint density at radius 3 is 2.56 bits per heavy atom. The lowest BCUT2D eigenvalue weighted by atomic mass is 10.0. The SMILES string of the molecule is CNC(=O)C(C)NCc1ccc(C(N)=O)cc1C. The Morgan fingerprint density at radius 1 is 1.39 bits per heavy atom. The minimum absolute atomic E-state index is 0.0543. The summed E-state index contributed by atoms with van der Waals surface area (Å²) in [5.41, 5.74) is 7.71. The van der Waals surface area contributed by atoms with E-state index in [1.54, 1.807) is 26.1 Å². The molecular formula is C13H19N3O2. The zero-order valence-corrected chi connectivity index (χ0v) is 10.9. The summed E-state index contributed by atoms with van der Waals surface area (Å²) in [5.74, 6) is -0.488. The summed E-state index contributed by atoms with van der Waals surface area (Å²) in [6, 6.07) is 5.03. The quantitative estimate of drug-likeness (QED) is 0.702. The number of aryl methyl sites for hydroxylation is 1. The number of nitrogens with one attached hydrogen (secondary N) is 2. The van der Waals surface area contributed by atoms with Gasteiger partial charge in [-0.05, 0) is 37.1 Å². The molecular weight excluding hydrogens is 230 g/mol. The van der Waals surface area contributed by atoms with E-state index in [9.17, 15) is 9.59 Å². The molecule has 1 aromatic rings. The fourth-order valence-corrected chi connectivity index (χ4v) is 1.62. The number of hydrogen-bond donors (Lipinski definition) is 3. The lowest BCUT2D eigenvalue weighted by Gasteiger charge is -2.13. The normalized spacial score (nSPS) is 11.9. The summed E-state index contributed by atoms with van der Waals surface area (Å²) in [6.07, 6.45) is 0. The van der Waals surface area contributed by atoms with Crippen LogP contribution in [0.25, 0.3) is 0 Å². The topological polar surface area (TPSA) is 84.2 Å². The van der Waals surface area contributed by atoms with Crippen LogP contribution in [0.1, 0.15) is 28.4 Å². The van der Waals surface area contributed by atoms with Gasteiger partial charge in [-0.1, -0.05) is 6.07 Å². The molecule has 0 saturated carbocycles. The molecule has 0 aliphatic rings. The Kier molecular flexibility index (Phi) is 4.85. The van der Waals surface area contributed by atoms with Crippen LogP contribution in [0.2, 0.25) is 0 Å². The molecule has 0 heterocycles. The second kappa shape index (κ2) is 6.16. The third-order valence-electron chi connectivity index (χ3n) is 2.87. The van der Waals surface area contributed by atoms with Crippen molar-refractivity contribution < 1.29 is 9.59 Å². The van der Waals surface area contributed by atoms with Crippen LogP contribution in [0.4, 0.5) is 0 Å². The van der Waals surface area contributed by atoms with Crippen molar-refractivity contribution in [1.29, 1.82) is 0 Å². The lowest BCUT2D eigenvalue weighted by molar-refractivity contribution is -0.122. The minimum atomic E-state index is -0.434. The second-order valence-electron chi connectivity index (χ2n) is 4.22. The standard InChI is InChI=1S/C13H19N3O2/c1-8-6-10(12(14)17)4-5-11(8)7-16-9(2)13(18)15-3/h4-6,9,16H,7H2,1-3H3,(H2,14,17)(H,15,18). The van der Waals surface area contributed by atoms with E-state index < -0.39 is 5.91 Å². The van der Waals surface area contributed by atoms with Crippen LogP contribution in [-0.2, 0) is 11.3 Å². The average molecular weight is 249 g/mol. The number of carbonyl (C=O) groups excluding carboxylic acids is 2. The predicted molar refractivity (Wildman–Crippen MR) is 70.1 cm³/mol. The Hall–Kier alpha value is -1.88. The summed E-state index contributed by atoms with van der Waals surface area (Å²) in [5, 5.41) is 5.69. The number of hydrogen-bond acceptors (Lipinski definition) is 3. The maximum Gasteiger partial charge on any atom is 0.248 e. The third kappa shape index (κ3) is 3.56. The van der Waals surface area contributed by atoms with Crippen molar-refractivity contribution >= 4 is 11.8 Å². The van der Waals surface area contributed by atoms with Crippen molar-refractivity contribution in [3.8, 4) is 0 Å². The van der Waals surface area contributed by atoms with E-state index in [-0.39, 0.29) is 11.9 Å². The number of amides is 2. The highest BCUT2D eigenvalue weighted by molar-refractivity contribution is 5.93. The fourth-order valence-electron chi connectivity index (χ4n) is 1.62. The van der Waals surface area contributed by atoms with Crippen molar-refractivity contribution in [2.75, 3.05) is 7.05 Å². The number of likely N-dealkylation sites (N-methyl/N-ethyl adjacent to an activating group) is 1. The zero-order valence-electron chi connectivity index (χ0n) is 10.9. The van der Waals surface area contributed by atoms with E-state index in [0.29, 0.717) is 12.1 Å². The molecule has 0 aliphatic carbocycles. The van der Waals surface area contributed by atoms with Crippen molar-refractivity contribution in [1.82, 2.24) is 10.6 Å². The highest BCUT2D eigenvalue weighted by Crippen LogP contribution is 2.10. The maximum absolute atomic E-state index is 11.3. The molecule has 0 radical (unpaired) electrons. The second-order valence-corrected chi connectivity index (χ2v) is 4.22. The van der Waals surface area contributed by atoms with E-state index in [2.05, 4.69) is 10.6 Å². The van der Waals surface area contributed by atoms with Gasteiger partial charge in [0, 0.05) is 19.2 Å². The number of nitrogens with two attached hydrogens (primary N) is 1. The van der Waals surface area contributed by atoms with Crippen LogP contribution in [0, 0.1) is 6.92 Å². The van der Waals surface area contributed by atoms with Crippen molar-refractivity contribution in [2.45, 2.75) is 26.4 Å². The largest absolute Gasteiger partial charge is 0.366 e. The van der Waals surface area contributed by atoms with Gasteiger partial charge in [0.25, 0.3) is 0 Å². The molecule has 0 spiro atoms. The Morgan fingerprint density at radius 2 is 2.06 bits per heavy atom. The summed E-state index contributed by atoms with van der Waals surface area (Å²) in [4.78, 5) is 22.3. The molecule has 5 heteroatoms. The van der Waals surface area contributed by atoms with Crippen LogP contribution in [-0.4, -0.2) is 24.9 Å². The van der Waals surface area contributed by atoms with Gasteiger partial charge in [0.1, 0.15) is 0 Å². The summed E-state index contributed by atoms with van der Waals surface area (Å²) >= 11 is 0. The molecule has 0 saturated heterocycles. The maximum atomic E-state index is 11.3. The molecule has 1 rings (SSSR count). The molecule has 5 nitrogen and oxygen atoms in total. The zero-order chi connectivity index (χ0) is 13.7.